The first-order valence-corrected chi connectivity index (χ1v) is 12.2. The average Bonchev–Trinajstić information content (AvgIpc) is 3.39. The van der Waals surface area contributed by atoms with E-state index in [2.05, 4.69) is 46.7 Å². The summed E-state index contributed by atoms with van der Waals surface area (Å²) in [4.78, 5) is 35.8. The van der Waals surface area contributed by atoms with Crippen LogP contribution in [0.4, 0.5) is 17.3 Å². The van der Waals surface area contributed by atoms with Crippen molar-refractivity contribution in [1.29, 1.82) is 0 Å². The van der Waals surface area contributed by atoms with E-state index in [9.17, 15) is 9.59 Å². The predicted octanol–water partition coefficient (Wildman–Crippen LogP) is 4.07. The summed E-state index contributed by atoms with van der Waals surface area (Å²) in [5.41, 5.74) is 2.23. The number of halogens is 1. The van der Waals surface area contributed by atoms with Gasteiger partial charge < -0.3 is 25.6 Å². The zero-order valence-corrected chi connectivity index (χ0v) is 21.0. The zero-order valence-electron chi connectivity index (χ0n) is 19.4. The molecule has 0 aliphatic carbocycles. The Labute approximate surface area is 212 Å². The lowest BCUT2D eigenvalue weighted by molar-refractivity contribution is 0.0949. The molecule has 0 bridgehead atoms. The third kappa shape index (κ3) is 6.77. The van der Waals surface area contributed by atoms with Gasteiger partial charge in [-0.15, -0.1) is 0 Å². The number of likely N-dealkylation sites (tertiary alicyclic amines) is 1. The summed E-state index contributed by atoms with van der Waals surface area (Å²) in [6.45, 7) is 3.76. The summed E-state index contributed by atoms with van der Waals surface area (Å²) in [5.74, 6) is 0.553. The molecule has 35 heavy (non-hydrogen) atoms. The van der Waals surface area contributed by atoms with Crippen LogP contribution in [0.2, 0.25) is 0 Å². The summed E-state index contributed by atoms with van der Waals surface area (Å²) in [7, 11) is 1.54. The Morgan fingerprint density at radius 3 is 2.40 bits per heavy atom. The van der Waals surface area contributed by atoms with Crippen molar-refractivity contribution in [2.45, 2.75) is 12.8 Å². The van der Waals surface area contributed by atoms with Gasteiger partial charge in [0, 0.05) is 28.8 Å². The summed E-state index contributed by atoms with van der Waals surface area (Å²) in [5, 5.41) is 8.83. The monoisotopic (exact) mass is 538 g/mol. The van der Waals surface area contributed by atoms with Crippen LogP contribution in [0.15, 0.2) is 59.3 Å². The van der Waals surface area contributed by atoms with E-state index in [1.165, 1.54) is 25.2 Å². The molecule has 1 aromatic heterocycles. The van der Waals surface area contributed by atoms with Gasteiger partial charge in [0.2, 0.25) is 5.95 Å². The molecule has 0 radical (unpaired) electrons. The van der Waals surface area contributed by atoms with Gasteiger partial charge in [-0.2, -0.15) is 0 Å². The molecule has 1 aliphatic heterocycles. The van der Waals surface area contributed by atoms with Crippen molar-refractivity contribution in [3.63, 3.8) is 0 Å². The fourth-order valence-corrected chi connectivity index (χ4v) is 4.16. The van der Waals surface area contributed by atoms with Crippen molar-refractivity contribution in [2.75, 3.05) is 43.9 Å². The summed E-state index contributed by atoms with van der Waals surface area (Å²) >= 11 is 3.38. The Balaban J connectivity index is 1.29. The molecule has 2 heterocycles. The van der Waals surface area contributed by atoms with E-state index in [1.54, 1.807) is 49.6 Å². The Morgan fingerprint density at radius 1 is 1.00 bits per heavy atom. The standard InChI is InChI=1S/C25H27BrN6O3/c1-35-20-8-9-22(26)21(14-20)24(34)30-19-15-28-25(29-16-19)31-18-6-4-17(5-7-18)23(33)27-10-13-32-11-2-3-12-32/h4-9,14-16H,2-3,10-13H2,1H3,(H,27,33)(H,30,34)(H,28,29,31). The number of aromatic nitrogens is 2. The maximum absolute atomic E-state index is 12.6. The van der Waals surface area contributed by atoms with Gasteiger partial charge in [-0.05, 0) is 84.3 Å². The number of nitrogens with zero attached hydrogens (tertiary/aromatic N) is 3. The van der Waals surface area contributed by atoms with Gasteiger partial charge in [-0.1, -0.05) is 0 Å². The molecule has 0 saturated carbocycles. The minimum Gasteiger partial charge on any atom is -0.497 e. The van der Waals surface area contributed by atoms with E-state index in [0.717, 1.165) is 25.3 Å². The smallest absolute Gasteiger partial charge is 0.257 e. The van der Waals surface area contributed by atoms with Crippen LogP contribution in [0, 0.1) is 0 Å². The molecule has 1 aliphatic rings. The second-order valence-electron chi connectivity index (χ2n) is 8.10. The number of methoxy groups -OCH3 is 1. The van der Waals surface area contributed by atoms with E-state index in [1.807, 2.05) is 0 Å². The number of carbonyl (C=O) groups excluding carboxylic acids is 2. The van der Waals surface area contributed by atoms with Gasteiger partial charge in [0.25, 0.3) is 11.8 Å². The molecule has 1 fully saturated rings. The van der Waals surface area contributed by atoms with Crippen LogP contribution >= 0.6 is 15.9 Å². The third-order valence-corrected chi connectivity index (χ3v) is 6.33. The lowest BCUT2D eigenvalue weighted by atomic mass is 10.2. The average molecular weight is 539 g/mol. The SMILES string of the molecule is COc1ccc(Br)c(C(=O)Nc2cnc(Nc3ccc(C(=O)NCCN4CCCC4)cc3)nc2)c1. The fraction of sp³-hybridized carbons (Fsp3) is 0.280. The molecule has 10 heteroatoms. The second-order valence-corrected chi connectivity index (χ2v) is 8.96. The summed E-state index contributed by atoms with van der Waals surface area (Å²) in [6.07, 6.45) is 5.52. The van der Waals surface area contributed by atoms with Gasteiger partial charge in [0.15, 0.2) is 0 Å². The summed E-state index contributed by atoms with van der Waals surface area (Å²) < 4.78 is 5.83. The molecule has 3 N–H and O–H groups in total. The first kappa shape index (κ1) is 24.6. The number of hydrogen-bond donors (Lipinski definition) is 3. The Hall–Kier alpha value is -3.50. The molecular formula is C25H27BrN6O3. The van der Waals surface area contributed by atoms with Crippen LogP contribution in [0.3, 0.4) is 0 Å². The van der Waals surface area contributed by atoms with Crippen molar-refractivity contribution < 1.29 is 14.3 Å². The molecule has 2 aromatic carbocycles. The highest BCUT2D eigenvalue weighted by molar-refractivity contribution is 9.10. The molecule has 0 atom stereocenters. The minimum atomic E-state index is -0.311. The van der Waals surface area contributed by atoms with Crippen LogP contribution < -0.4 is 20.7 Å². The topological polar surface area (TPSA) is 108 Å². The van der Waals surface area contributed by atoms with Crippen LogP contribution in [-0.2, 0) is 0 Å². The van der Waals surface area contributed by atoms with Crippen LogP contribution in [0.1, 0.15) is 33.6 Å². The number of benzene rings is 2. The highest BCUT2D eigenvalue weighted by Crippen LogP contribution is 2.23. The van der Waals surface area contributed by atoms with Crippen molar-refractivity contribution in [1.82, 2.24) is 20.2 Å². The molecular weight excluding hydrogens is 512 g/mol. The van der Waals surface area contributed by atoms with Crippen molar-refractivity contribution in [3.8, 4) is 5.75 Å². The number of anilines is 3. The molecule has 4 rings (SSSR count). The van der Waals surface area contributed by atoms with Crippen LogP contribution in [0.5, 0.6) is 5.75 Å². The van der Waals surface area contributed by atoms with Gasteiger partial charge in [-0.3, -0.25) is 9.59 Å². The Morgan fingerprint density at radius 2 is 1.71 bits per heavy atom. The van der Waals surface area contributed by atoms with E-state index in [-0.39, 0.29) is 11.8 Å². The van der Waals surface area contributed by atoms with E-state index in [0.29, 0.717) is 39.5 Å². The number of ether oxygens (including phenoxy) is 1. The maximum atomic E-state index is 12.6. The van der Waals surface area contributed by atoms with E-state index in [4.69, 9.17) is 4.74 Å². The normalized spacial score (nSPS) is 13.3. The first-order valence-electron chi connectivity index (χ1n) is 11.4. The zero-order chi connectivity index (χ0) is 24.6. The quantitative estimate of drug-likeness (QED) is 0.376. The van der Waals surface area contributed by atoms with Crippen LogP contribution in [-0.4, -0.2) is 60.0 Å². The number of amides is 2. The molecule has 3 aromatic rings. The van der Waals surface area contributed by atoms with Gasteiger partial charge >= 0.3 is 0 Å². The van der Waals surface area contributed by atoms with Gasteiger partial charge in [0.05, 0.1) is 30.8 Å². The van der Waals surface area contributed by atoms with Crippen molar-refractivity contribution >= 4 is 45.1 Å². The molecule has 9 nitrogen and oxygen atoms in total. The number of nitrogens with one attached hydrogen (secondary N) is 3. The Kier molecular flexibility index (Phi) is 8.27. The van der Waals surface area contributed by atoms with E-state index >= 15 is 0 Å². The van der Waals surface area contributed by atoms with E-state index < -0.39 is 0 Å². The molecule has 1 saturated heterocycles. The second kappa shape index (κ2) is 11.8. The predicted molar refractivity (Wildman–Crippen MR) is 138 cm³/mol. The molecule has 182 valence electrons. The van der Waals surface area contributed by atoms with Gasteiger partial charge in [-0.25, -0.2) is 9.97 Å². The minimum absolute atomic E-state index is 0.0882. The number of hydrogen-bond acceptors (Lipinski definition) is 7. The van der Waals surface area contributed by atoms with Crippen molar-refractivity contribution in [3.05, 3.63) is 70.5 Å². The Bertz CT molecular complexity index is 1160. The van der Waals surface area contributed by atoms with Gasteiger partial charge in [0.1, 0.15) is 5.75 Å². The highest BCUT2D eigenvalue weighted by Gasteiger charge is 2.13. The molecule has 0 unspecified atom stereocenters. The fourth-order valence-electron chi connectivity index (χ4n) is 3.73. The molecule has 2 amide bonds. The first-order chi connectivity index (χ1) is 17.0. The lowest BCUT2D eigenvalue weighted by Gasteiger charge is -2.14. The van der Waals surface area contributed by atoms with Crippen LogP contribution in [0.25, 0.3) is 0 Å². The third-order valence-electron chi connectivity index (χ3n) is 5.64. The number of rotatable bonds is 9. The number of carbonyl (C=O) groups is 2. The summed E-state index contributed by atoms with van der Waals surface area (Å²) in [6, 6.07) is 12.3. The molecule has 0 spiro atoms. The van der Waals surface area contributed by atoms with Crippen molar-refractivity contribution in [2.24, 2.45) is 0 Å². The largest absolute Gasteiger partial charge is 0.497 e. The lowest BCUT2D eigenvalue weighted by Crippen LogP contribution is -2.33. The maximum Gasteiger partial charge on any atom is 0.257 e. The highest BCUT2D eigenvalue weighted by atomic mass is 79.9.